The van der Waals surface area contributed by atoms with Crippen LogP contribution in [0, 0.1) is 0 Å². The number of halogens is 1. The second-order valence-electron chi connectivity index (χ2n) is 6.90. The van der Waals surface area contributed by atoms with Crippen LogP contribution in [0.4, 0.5) is 5.69 Å². The van der Waals surface area contributed by atoms with Crippen molar-refractivity contribution in [3.63, 3.8) is 0 Å². The zero-order valence-corrected chi connectivity index (χ0v) is 17.3. The number of aromatic nitrogens is 1. The van der Waals surface area contributed by atoms with Gasteiger partial charge in [-0.3, -0.25) is 9.59 Å². The Morgan fingerprint density at radius 1 is 1.03 bits per heavy atom. The van der Waals surface area contributed by atoms with E-state index in [1.165, 1.54) is 17.8 Å². The molecule has 1 aromatic heterocycles. The van der Waals surface area contributed by atoms with E-state index in [4.69, 9.17) is 11.6 Å². The first-order chi connectivity index (χ1) is 14.1. The van der Waals surface area contributed by atoms with Gasteiger partial charge in [0.2, 0.25) is 0 Å². The Balaban J connectivity index is 1.48. The second-order valence-corrected chi connectivity index (χ2v) is 8.34. The Morgan fingerprint density at radius 3 is 2.62 bits per heavy atom. The van der Waals surface area contributed by atoms with Crippen molar-refractivity contribution in [1.29, 1.82) is 0 Å². The molecule has 4 rings (SSSR count). The molecule has 0 aliphatic carbocycles. The van der Waals surface area contributed by atoms with Crippen LogP contribution in [0.25, 0.3) is 10.6 Å². The molecule has 0 bridgehead atoms. The molecule has 1 fully saturated rings. The average molecular weight is 426 g/mol. The molecule has 29 heavy (non-hydrogen) atoms. The summed E-state index contributed by atoms with van der Waals surface area (Å²) in [6, 6.07) is 14.5. The third-order valence-electron chi connectivity index (χ3n) is 4.84. The molecule has 5 nitrogen and oxygen atoms in total. The number of amides is 2. The Bertz CT molecular complexity index is 1040. The molecule has 1 N–H and O–H groups in total. The molecule has 1 aliphatic heterocycles. The van der Waals surface area contributed by atoms with Gasteiger partial charge < -0.3 is 10.2 Å². The summed E-state index contributed by atoms with van der Waals surface area (Å²) in [7, 11) is 0. The maximum atomic E-state index is 12.7. The van der Waals surface area contributed by atoms with Crippen LogP contribution in [-0.4, -0.2) is 34.8 Å². The monoisotopic (exact) mass is 425 g/mol. The largest absolute Gasteiger partial charge is 0.339 e. The van der Waals surface area contributed by atoms with Gasteiger partial charge in [-0.1, -0.05) is 35.9 Å². The van der Waals surface area contributed by atoms with E-state index in [1.807, 2.05) is 23.1 Å². The van der Waals surface area contributed by atoms with Crippen LogP contribution < -0.4 is 5.32 Å². The first-order valence-corrected chi connectivity index (χ1v) is 10.7. The first kappa shape index (κ1) is 19.6. The number of likely N-dealkylation sites (tertiary alicyclic amines) is 1. The van der Waals surface area contributed by atoms with Gasteiger partial charge in [-0.2, -0.15) is 0 Å². The molecular weight excluding hydrogens is 406 g/mol. The van der Waals surface area contributed by atoms with Crippen molar-refractivity contribution < 1.29 is 9.59 Å². The molecular formula is C22H20ClN3O2S. The minimum absolute atomic E-state index is 0.0135. The van der Waals surface area contributed by atoms with Crippen molar-refractivity contribution in [2.75, 3.05) is 18.4 Å². The summed E-state index contributed by atoms with van der Waals surface area (Å²) in [5, 5.41) is 4.15. The number of thiazole rings is 1. The van der Waals surface area contributed by atoms with Gasteiger partial charge in [0, 0.05) is 29.9 Å². The van der Waals surface area contributed by atoms with Crippen LogP contribution in [0.15, 0.2) is 54.7 Å². The average Bonchev–Trinajstić information content (AvgIpc) is 3.24. The van der Waals surface area contributed by atoms with Gasteiger partial charge in [-0.05, 0) is 43.5 Å². The number of nitrogens with one attached hydrogen (secondary N) is 1. The van der Waals surface area contributed by atoms with Crippen LogP contribution in [0.2, 0.25) is 5.02 Å². The van der Waals surface area contributed by atoms with E-state index in [2.05, 4.69) is 10.3 Å². The van der Waals surface area contributed by atoms with Crippen molar-refractivity contribution >= 4 is 40.4 Å². The molecule has 2 aromatic carbocycles. The van der Waals surface area contributed by atoms with Crippen molar-refractivity contribution in [2.45, 2.75) is 19.3 Å². The highest BCUT2D eigenvalue weighted by molar-refractivity contribution is 7.17. The SMILES string of the molecule is O=C(Nc1cccc(C(=O)N2CCCCC2)c1)c1cnc(-c2ccccc2Cl)s1. The summed E-state index contributed by atoms with van der Waals surface area (Å²) >= 11 is 7.50. The van der Waals surface area contributed by atoms with E-state index in [0.29, 0.717) is 26.2 Å². The van der Waals surface area contributed by atoms with Gasteiger partial charge in [0.15, 0.2) is 0 Å². The Hall–Kier alpha value is -2.70. The quantitative estimate of drug-likeness (QED) is 0.613. The number of hydrogen-bond acceptors (Lipinski definition) is 4. The van der Waals surface area contributed by atoms with E-state index in [0.717, 1.165) is 31.5 Å². The normalized spacial score (nSPS) is 13.9. The van der Waals surface area contributed by atoms with Gasteiger partial charge in [0.1, 0.15) is 9.88 Å². The molecule has 0 saturated carbocycles. The molecule has 0 atom stereocenters. The van der Waals surface area contributed by atoms with Gasteiger partial charge in [0.05, 0.1) is 11.2 Å². The maximum Gasteiger partial charge on any atom is 0.267 e. The zero-order valence-electron chi connectivity index (χ0n) is 15.7. The third-order valence-corrected chi connectivity index (χ3v) is 6.20. The summed E-state index contributed by atoms with van der Waals surface area (Å²) < 4.78 is 0. The zero-order chi connectivity index (χ0) is 20.2. The first-order valence-electron chi connectivity index (χ1n) is 9.53. The van der Waals surface area contributed by atoms with Gasteiger partial charge >= 0.3 is 0 Å². The number of benzene rings is 2. The lowest BCUT2D eigenvalue weighted by Gasteiger charge is -2.26. The molecule has 3 aromatic rings. The van der Waals surface area contributed by atoms with Gasteiger partial charge in [-0.25, -0.2) is 4.98 Å². The van der Waals surface area contributed by atoms with E-state index in [-0.39, 0.29) is 11.8 Å². The van der Waals surface area contributed by atoms with E-state index in [1.54, 1.807) is 36.5 Å². The number of piperidine rings is 1. The lowest BCUT2D eigenvalue weighted by molar-refractivity contribution is 0.0724. The lowest BCUT2D eigenvalue weighted by atomic mass is 10.1. The molecule has 0 radical (unpaired) electrons. The number of hydrogen-bond donors (Lipinski definition) is 1. The van der Waals surface area contributed by atoms with Crippen molar-refractivity contribution in [3.05, 3.63) is 70.2 Å². The number of rotatable bonds is 4. The van der Waals surface area contributed by atoms with E-state index < -0.39 is 0 Å². The third kappa shape index (κ3) is 4.49. The van der Waals surface area contributed by atoms with Crippen LogP contribution in [-0.2, 0) is 0 Å². The van der Waals surface area contributed by atoms with Crippen molar-refractivity contribution in [2.24, 2.45) is 0 Å². The second kappa shape index (κ2) is 8.76. The highest BCUT2D eigenvalue weighted by Crippen LogP contribution is 2.31. The predicted molar refractivity (Wildman–Crippen MR) is 117 cm³/mol. The summed E-state index contributed by atoms with van der Waals surface area (Å²) in [5.74, 6) is -0.247. The molecule has 0 unspecified atom stereocenters. The minimum atomic E-state index is -0.261. The molecule has 1 aliphatic rings. The fourth-order valence-corrected chi connectivity index (χ4v) is 4.47. The smallest absolute Gasteiger partial charge is 0.267 e. The van der Waals surface area contributed by atoms with Crippen LogP contribution in [0.5, 0.6) is 0 Å². The minimum Gasteiger partial charge on any atom is -0.339 e. The molecule has 2 amide bonds. The summed E-state index contributed by atoms with van der Waals surface area (Å²) in [4.78, 5) is 32.0. The summed E-state index contributed by atoms with van der Waals surface area (Å²) in [5.41, 5.74) is 1.98. The Morgan fingerprint density at radius 2 is 1.83 bits per heavy atom. The summed E-state index contributed by atoms with van der Waals surface area (Å²) in [6.07, 6.45) is 4.80. The highest BCUT2D eigenvalue weighted by atomic mass is 35.5. The van der Waals surface area contributed by atoms with Gasteiger partial charge in [0.25, 0.3) is 11.8 Å². The van der Waals surface area contributed by atoms with Gasteiger partial charge in [-0.15, -0.1) is 11.3 Å². The molecule has 1 saturated heterocycles. The van der Waals surface area contributed by atoms with Crippen molar-refractivity contribution in [1.82, 2.24) is 9.88 Å². The van der Waals surface area contributed by atoms with Crippen LogP contribution in [0.1, 0.15) is 39.3 Å². The number of nitrogens with zero attached hydrogens (tertiary/aromatic N) is 2. The Kier molecular flexibility index (Phi) is 5.92. The predicted octanol–water partition coefficient (Wildman–Crippen LogP) is 5.34. The van der Waals surface area contributed by atoms with E-state index in [9.17, 15) is 9.59 Å². The lowest BCUT2D eigenvalue weighted by Crippen LogP contribution is -2.35. The molecule has 148 valence electrons. The highest BCUT2D eigenvalue weighted by Gasteiger charge is 2.19. The number of carbonyl (C=O) groups excluding carboxylic acids is 2. The molecule has 7 heteroatoms. The molecule has 0 spiro atoms. The maximum absolute atomic E-state index is 12.7. The number of anilines is 1. The molecule has 2 heterocycles. The number of carbonyl (C=O) groups is 2. The topological polar surface area (TPSA) is 62.3 Å². The fourth-order valence-electron chi connectivity index (χ4n) is 3.34. The standard InChI is InChI=1S/C22H20ClN3O2S/c23-18-10-3-2-9-17(18)21-24-14-19(29-21)20(27)25-16-8-6-7-15(13-16)22(28)26-11-4-1-5-12-26/h2-3,6-10,13-14H,1,4-5,11-12H2,(H,25,27). The van der Waals surface area contributed by atoms with E-state index >= 15 is 0 Å². The van der Waals surface area contributed by atoms with Crippen LogP contribution >= 0.6 is 22.9 Å². The Labute approximate surface area is 178 Å². The van der Waals surface area contributed by atoms with Crippen molar-refractivity contribution in [3.8, 4) is 10.6 Å². The van der Waals surface area contributed by atoms with Crippen LogP contribution in [0.3, 0.4) is 0 Å². The fraction of sp³-hybridized carbons (Fsp3) is 0.227. The summed E-state index contributed by atoms with van der Waals surface area (Å²) in [6.45, 7) is 1.59.